The van der Waals surface area contributed by atoms with Gasteiger partial charge in [0.05, 0.1) is 0 Å². The van der Waals surface area contributed by atoms with Gasteiger partial charge >= 0.3 is 0 Å². The Balaban J connectivity index is 1.93. The number of hydrogen-bond acceptors (Lipinski definition) is 1. The Kier molecular flexibility index (Phi) is 8.74. The first-order valence-electron chi connectivity index (χ1n) is 7.67. The van der Waals surface area contributed by atoms with Crippen molar-refractivity contribution < 1.29 is 4.79 Å². The normalized spacial score (nSPS) is 23.2. The van der Waals surface area contributed by atoms with Gasteiger partial charge in [-0.1, -0.05) is 67.8 Å². The lowest BCUT2D eigenvalue weighted by atomic mass is 10.1. The van der Waals surface area contributed by atoms with Gasteiger partial charge in [-0.05, 0) is 19.3 Å². The van der Waals surface area contributed by atoms with Gasteiger partial charge in [0, 0.05) is 17.3 Å². The van der Waals surface area contributed by atoms with Crippen molar-refractivity contribution in [2.75, 3.05) is 0 Å². The van der Waals surface area contributed by atoms with Crippen molar-refractivity contribution >= 4 is 21.8 Å². The predicted octanol–water partition coefficient (Wildman–Crippen LogP) is 4.56. The molecule has 0 aromatic heterocycles. The van der Waals surface area contributed by atoms with E-state index in [1.807, 2.05) is 0 Å². The van der Waals surface area contributed by atoms with Gasteiger partial charge in [0.2, 0.25) is 5.91 Å². The first-order chi connectivity index (χ1) is 8.74. The quantitative estimate of drug-likeness (QED) is 0.490. The van der Waals surface area contributed by atoms with E-state index in [4.69, 9.17) is 0 Å². The number of unbranched alkanes of at least 4 members (excludes halogenated alkanes) is 6. The lowest BCUT2D eigenvalue weighted by Gasteiger charge is -2.15. The molecule has 3 heteroatoms. The Morgan fingerprint density at radius 1 is 1.11 bits per heavy atom. The van der Waals surface area contributed by atoms with Crippen molar-refractivity contribution in [3.8, 4) is 0 Å². The van der Waals surface area contributed by atoms with E-state index in [0.29, 0.717) is 17.3 Å². The lowest BCUT2D eigenvalue weighted by Crippen LogP contribution is -2.37. The minimum absolute atomic E-state index is 0.250. The third-order valence-corrected chi connectivity index (χ3v) is 4.88. The Morgan fingerprint density at radius 2 is 1.78 bits per heavy atom. The van der Waals surface area contributed by atoms with Gasteiger partial charge in [0.1, 0.15) is 0 Å². The van der Waals surface area contributed by atoms with Crippen molar-refractivity contribution in [2.45, 2.75) is 88.4 Å². The minimum Gasteiger partial charge on any atom is -0.352 e. The van der Waals surface area contributed by atoms with Crippen LogP contribution in [0.15, 0.2) is 0 Å². The van der Waals surface area contributed by atoms with E-state index >= 15 is 0 Å². The van der Waals surface area contributed by atoms with Crippen LogP contribution in [0.4, 0.5) is 0 Å². The Labute approximate surface area is 120 Å². The highest BCUT2D eigenvalue weighted by molar-refractivity contribution is 9.09. The third-order valence-electron chi connectivity index (χ3n) is 3.79. The van der Waals surface area contributed by atoms with Crippen molar-refractivity contribution in [3.63, 3.8) is 0 Å². The minimum atomic E-state index is 0.250. The van der Waals surface area contributed by atoms with Crippen LogP contribution in [0.1, 0.15) is 77.6 Å². The molecule has 0 aromatic carbocycles. The molecule has 0 saturated heterocycles. The fraction of sp³-hybridized carbons (Fsp3) is 0.933. The van der Waals surface area contributed by atoms with E-state index in [1.54, 1.807) is 0 Å². The molecule has 0 radical (unpaired) electrons. The molecule has 0 heterocycles. The molecule has 106 valence electrons. The van der Waals surface area contributed by atoms with Crippen molar-refractivity contribution in [3.05, 3.63) is 0 Å². The first kappa shape index (κ1) is 16.0. The van der Waals surface area contributed by atoms with Gasteiger partial charge in [-0.25, -0.2) is 0 Å². The summed E-state index contributed by atoms with van der Waals surface area (Å²) in [5, 5.41) is 3.15. The molecular formula is C15H28BrNO. The molecule has 1 aliphatic rings. The maximum atomic E-state index is 11.7. The standard InChI is InChI=1S/C15H28BrNO/c1-2-3-4-5-6-7-8-12-15(18)17-14-11-9-10-13(14)16/h13-14H,2-12H2,1H3,(H,17,18). The molecule has 1 amide bonds. The van der Waals surface area contributed by atoms with E-state index in [2.05, 4.69) is 28.2 Å². The van der Waals surface area contributed by atoms with Crippen molar-refractivity contribution in [2.24, 2.45) is 0 Å². The highest BCUT2D eigenvalue weighted by atomic mass is 79.9. The molecule has 2 nitrogen and oxygen atoms in total. The van der Waals surface area contributed by atoms with Gasteiger partial charge in [0.25, 0.3) is 0 Å². The summed E-state index contributed by atoms with van der Waals surface area (Å²) < 4.78 is 0. The summed E-state index contributed by atoms with van der Waals surface area (Å²) in [5.74, 6) is 0.250. The van der Waals surface area contributed by atoms with Gasteiger partial charge in [0.15, 0.2) is 0 Å². The average molecular weight is 318 g/mol. The fourth-order valence-corrected chi connectivity index (χ4v) is 3.32. The van der Waals surface area contributed by atoms with Gasteiger partial charge in [-0.15, -0.1) is 0 Å². The molecule has 1 fully saturated rings. The number of hydrogen-bond donors (Lipinski definition) is 1. The molecule has 1 N–H and O–H groups in total. The summed E-state index contributed by atoms with van der Waals surface area (Å²) in [5.41, 5.74) is 0. The van der Waals surface area contributed by atoms with Crippen LogP contribution in [-0.4, -0.2) is 16.8 Å². The van der Waals surface area contributed by atoms with E-state index in [9.17, 15) is 4.79 Å². The molecule has 0 aliphatic heterocycles. The third kappa shape index (κ3) is 6.77. The van der Waals surface area contributed by atoms with Crippen LogP contribution in [0.2, 0.25) is 0 Å². The molecule has 1 saturated carbocycles. The van der Waals surface area contributed by atoms with E-state index in [1.165, 1.54) is 51.4 Å². The molecule has 0 bridgehead atoms. The number of rotatable bonds is 9. The van der Waals surface area contributed by atoms with Crippen molar-refractivity contribution in [1.29, 1.82) is 0 Å². The molecule has 2 atom stereocenters. The van der Waals surface area contributed by atoms with Gasteiger partial charge in [-0.3, -0.25) is 4.79 Å². The Morgan fingerprint density at radius 3 is 2.39 bits per heavy atom. The van der Waals surface area contributed by atoms with Crippen LogP contribution in [0.25, 0.3) is 0 Å². The average Bonchev–Trinajstić information content (AvgIpc) is 2.74. The highest BCUT2D eigenvalue weighted by Crippen LogP contribution is 2.25. The smallest absolute Gasteiger partial charge is 0.220 e. The van der Waals surface area contributed by atoms with E-state index in [0.717, 1.165) is 12.8 Å². The van der Waals surface area contributed by atoms with E-state index < -0.39 is 0 Å². The molecule has 2 unspecified atom stereocenters. The number of carbonyl (C=O) groups is 1. The Bertz CT molecular complexity index is 233. The largest absolute Gasteiger partial charge is 0.352 e. The lowest BCUT2D eigenvalue weighted by molar-refractivity contribution is -0.121. The number of nitrogens with one attached hydrogen (secondary N) is 1. The van der Waals surface area contributed by atoms with Crippen LogP contribution >= 0.6 is 15.9 Å². The molecule has 1 rings (SSSR count). The van der Waals surface area contributed by atoms with Crippen LogP contribution < -0.4 is 5.32 Å². The fourth-order valence-electron chi connectivity index (χ4n) is 2.60. The second-order valence-corrected chi connectivity index (χ2v) is 6.67. The van der Waals surface area contributed by atoms with Gasteiger partial charge < -0.3 is 5.32 Å². The maximum Gasteiger partial charge on any atom is 0.220 e. The summed E-state index contributed by atoms with van der Waals surface area (Å²) in [6.07, 6.45) is 13.2. The zero-order valence-corrected chi connectivity index (χ0v) is 13.3. The molecule has 0 spiro atoms. The summed E-state index contributed by atoms with van der Waals surface area (Å²) in [7, 11) is 0. The molecule has 0 aromatic rings. The summed E-state index contributed by atoms with van der Waals surface area (Å²) in [4.78, 5) is 12.2. The summed E-state index contributed by atoms with van der Waals surface area (Å²) >= 11 is 3.64. The van der Waals surface area contributed by atoms with Crippen molar-refractivity contribution in [1.82, 2.24) is 5.32 Å². The van der Waals surface area contributed by atoms with Crippen LogP contribution in [0.3, 0.4) is 0 Å². The maximum absolute atomic E-state index is 11.7. The summed E-state index contributed by atoms with van der Waals surface area (Å²) in [6.45, 7) is 2.24. The zero-order chi connectivity index (χ0) is 13.2. The zero-order valence-electron chi connectivity index (χ0n) is 11.7. The number of alkyl halides is 1. The molecule has 1 aliphatic carbocycles. The second kappa shape index (κ2) is 9.82. The van der Waals surface area contributed by atoms with Gasteiger partial charge in [-0.2, -0.15) is 0 Å². The van der Waals surface area contributed by atoms with E-state index in [-0.39, 0.29) is 5.91 Å². The number of amides is 1. The molecular weight excluding hydrogens is 290 g/mol. The SMILES string of the molecule is CCCCCCCCCC(=O)NC1CCCC1Br. The van der Waals surface area contributed by atoms with Crippen LogP contribution in [-0.2, 0) is 4.79 Å². The molecule has 18 heavy (non-hydrogen) atoms. The van der Waals surface area contributed by atoms with Crippen LogP contribution in [0, 0.1) is 0 Å². The number of carbonyl (C=O) groups excluding carboxylic acids is 1. The topological polar surface area (TPSA) is 29.1 Å². The Hall–Kier alpha value is -0.0500. The predicted molar refractivity (Wildman–Crippen MR) is 81.1 cm³/mol. The first-order valence-corrected chi connectivity index (χ1v) is 8.59. The summed E-state index contributed by atoms with van der Waals surface area (Å²) in [6, 6.07) is 0.377. The second-order valence-electron chi connectivity index (χ2n) is 5.49. The highest BCUT2D eigenvalue weighted by Gasteiger charge is 2.25. The van der Waals surface area contributed by atoms with Crippen LogP contribution in [0.5, 0.6) is 0 Å². The monoisotopic (exact) mass is 317 g/mol. The number of halogens is 1.